The van der Waals surface area contributed by atoms with Crippen LogP contribution in [0.4, 0.5) is 0 Å². The van der Waals surface area contributed by atoms with Gasteiger partial charge in [-0.15, -0.1) is 0 Å². The number of ether oxygens (including phenoxy) is 1. The molecular weight excluding hydrogens is 476 g/mol. The van der Waals surface area contributed by atoms with Crippen LogP contribution >= 0.6 is 0 Å². The fourth-order valence-electron chi connectivity index (χ4n) is 5.59. The predicted molar refractivity (Wildman–Crippen MR) is 132 cm³/mol. The summed E-state index contributed by atoms with van der Waals surface area (Å²) in [5.74, 6) is 1.66. The molecule has 3 aromatic heterocycles. The van der Waals surface area contributed by atoms with Gasteiger partial charge in [0.25, 0.3) is 11.8 Å². The molecule has 1 spiro atoms. The zero-order valence-corrected chi connectivity index (χ0v) is 21.1. The molecule has 0 radical (unpaired) electrons. The van der Waals surface area contributed by atoms with Gasteiger partial charge in [0.1, 0.15) is 11.3 Å². The van der Waals surface area contributed by atoms with Crippen LogP contribution < -0.4 is 4.74 Å². The van der Waals surface area contributed by atoms with Crippen molar-refractivity contribution >= 4 is 22.8 Å². The van der Waals surface area contributed by atoms with E-state index in [1.54, 1.807) is 33.1 Å². The van der Waals surface area contributed by atoms with E-state index in [1.807, 2.05) is 28.0 Å². The summed E-state index contributed by atoms with van der Waals surface area (Å²) in [5.41, 5.74) is 1.99. The Morgan fingerprint density at radius 3 is 2.43 bits per heavy atom. The molecule has 1 aromatic carbocycles. The lowest BCUT2D eigenvalue weighted by molar-refractivity contribution is 0.0542. The van der Waals surface area contributed by atoms with Gasteiger partial charge in [-0.05, 0) is 50.7 Å². The number of methoxy groups -OCH3 is 1. The van der Waals surface area contributed by atoms with Crippen molar-refractivity contribution in [2.75, 3.05) is 33.3 Å². The summed E-state index contributed by atoms with van der Waals surface area (Å²) in [6.45, 7) is 6.07. The van der Waals surface area contributed by atoms with E-state index in [0.717, 1.165) is 24.6 Å². The SMILES string of the molecule is COc1cccc2cc(C(=O)N3CCC4(CC3)CCN(C(=O)c3c(C)noc3-c3cc(C)on3)C4)oc12. The Morgan fingerprint density at radius 1 is 0.973 bits per heavy atom. The van der Waals surface area contributed by atoms with Gasteiger partial charge in [0.2, 0.25) is 5.76 Å². The number of para-hydroxylation sites is 1. The smallest absolute Gasteiger partial charge is 0.289 e. The van der Waals surface area contributed by atoms with E-state index >= 15 is 0 Å². The topological polar surface area (TPSA) is 115 Å². The number of fused-ring (bicyclic) bond motifs is 1. The zero-order valence-electron chi connectivity index (χ0n) is 21.1. The zero-order chi connectivity index (χ0) is 25.7. The molecule has 2 fully saturated rings. The second-order valence-electron chi connectivity index (χ2n) is 10.1. The maximum Gasteiger partial charge on any atom is 0.289 e. The Labute approximate surface area is 213 Å². The van der Waals surface area contributed by atoms with Gasteiger partial charge in [-0.3, -0.25) is 9.59 Å². The average Bonchev–Trinajstić information content (AvgIpc) is 3.69. The number of carbonyl (C=O) groups excluding carboxylic acids is 2. The number of rotatable bonds is 4. The third-order valence-electron chi connectivity index (χ3n) is 7.71. The van der Waals surface area contributed by atoms with Crippen molar-refractivity contribution in [3.05, 3.63) is 53.1 Å². The van der Waals surface area contributed by atoms with Crippen molar-refractivity contribution in [3.63, 3.8) is 0 Å². The van der Waals surface area contributed by atoms with Crippen LogP contribution in [0.2, 0.25) is 0 Å². The van der Waals surface area contributed by atoms with Crippen LogP contribution in [0.15, 0.2) is 43.8 Å². The van der Waals surface area contributed by atoms with Crippen molar-refractivity contribution in [1.82, 2.24) is 20.1 Å². The molecule has 2 saturated heterocycles. The number of furan rings is 1. The molecular formula is C27H28N4O6. The summed E-state index contributed by atoms with van der Waals surface area (Å²) in [4.78, 5) is 30.5. The van der Waals surface area contributed by atoms with E-state index in [0.29, 0.717) is 71.7 Å². The highest BCUT2D eigenvalue weighted by atomic mass is 16.5. The molecule has 4 aromatic rings. The molecule has 10 heteroatoms. The Balaban J connectivity index is 1.14. The standard InChI is InChI=1S/C27H28N4O6/c1-16-13-19(29-36-16)24-22(17(2)28-37-24)26(33)31-12-9-27(15-31)7-10-30(11-8-27)25(32)21-14-18-5-4-6-20(34-3)23(18)35-21/h4-6,13-14H,7-12,15H2,1-3H3. The molecule has 2 amide bonds. The van der Waals surface area contributed by atoms with Crippen molar-refractivity contribution in [1.29, 1.82) is 0 Å². The van der Waals surface area contributed by atoms with E-state index in [4.69, 9.17) is 18.2 Å². The molecule has 0 unspecified atom stereocenters. The highest BCUT2D eigenvalue weighted by Crippen LogP contribution is 2.42. The lowest BCUT2D eigenvalue weighted by Crippen LogP contribution is -2.44. The maximum absolute atomic E-state index is 13.5. The van der Waals surface area contributed by atoms with Crippen molar-refractivity contribution in [2.45, 2.75) is 33.1 Å². The first-order valence-electron chi connectivity index (χ1n) is 12.4. The monoisotopic (exact) mass is 504 g/mol. The highest BCUT2D eigenvalue weighted by Gasteiger charge is 2.44. The molecule has 192 valence electrons. The minimum absolute atomic E-state index is 0.0146. The summed E-state index contributed by atoms with van der Waals surface area (Å²) >= 11 is 0. The third-order valence-corrected chi connectivity index (χ3v) is 7.71. The third kappa shape index (κ3) is 3.96. The number of aromatic nitrogens is 2. The fourth-order valence-corrected chi connectivity index (χ4v) is 5.59. The summed E-state index contributed by atoms with van der Waals surface area (Å²) < 4.78 is 21.8. The van der Waals surface area contributed by atoms with Gasteiger partial charge in [0, 0.05) is 37.6 Å². The number of hydrogen-bond acceptors (Lipinski definition) is 8. The lowest BCUT2D eigenvalue weighted by Gasteiger charge is -2.39. The fraction of sp³-hybridized carbons (Fsp3) is 0.407. The normalized spacial score (nSPS) is 17.2. The summed E-state index contributed by atoms with van der Waals surface area (Å²) in [6.07, 6.45) is 2.54. The molecule has 37 heavy (non-hydrogen) atoms. The predicted octanol–water partition coefficient (Wildman–Crippen LogP) is 4.47. The first-order chi connectivity index (χ1) is 17.9. The van der Waals surface area contributed by atoms with Gasteiger partial charge in [-0.2, -0.15) is 0 Å². The molecule has 6 rings (SSSR count). The number of carbonyl (C=O) groups is 2. The van der Waals surface area contributed by atoms with Gasteiger partial charge in [-0.25, -0.2) is 0 Å². The van der Waals surface area contributed by atoms with Crippen molar-refractivity contribution in [2.24, 2.45) is 5.41 Å². The molecule has 2 aliphatic heterocycles. The van der Waals surface area contributed by atoms with Gasteiger partial charge >= 0.3 is 0 Å². The molecule has 0 atom stereocenters. The summed E-state index contributed by atoms with van der Waals surface area (Å²) in [7, 11) is 1.58. The number of piperidine rings is 1. The molecule has 10 nitrogen and oxygen atoms in total. The molecule has 0 bridgehead atoms. The average molecular weight is 505 g/mol. The van der Waals surface area contributed by atoms with Gasteiger partial charge < -0.3 is 28.0 Å². The first-order valence-corrected chi connectivity index (χ1v) is 12.4. The van der Waals surface area contributed by atoms with E-state index in [-0.39, 0.29) is 17.2 Å². The second kappa shape index (κ2) is 8.79. The van der Waals surface area contributed by atoms with Crippen LogP contribution in [0, 0.1) is 19.3 Å². The van der Waals surface area contributed by atoms with Crippen LogP contribution in [-0.4, -0.2) is 65.2 Å². The van der Waals surface area contributed by atoms with Crippen LogP contribution in [0.1, 0.15) is 51.6 Å². The Morgan fingerprint density at radius 2 is 1.73 bits per heavy atom. The van der Waals surface area contributed by atoms with Crippen LogP contribution in [-0.2, 0) is 0 Å². The minimum Gasteiger partial charge on any atom is -0.493 e. The summed E-state index contributed by atoms with van der Waals surface area (Å²) in [5, 5.41) is 8.85. The van der Waals surface area contributed by atoms with E-state index in [1.165, 1.54) is 0 Å². The quantitative estimate of drug-likeness (QED) is 0.400. The van der Waals surface area contributed by atoms with Gasteiger partial charge in [-0.1, -0.05) is 22.4 Å². The lowest BCUT2D eigenvalue weighted by atomic mass is 9.77. The Kier molecular flexibility index (Phi) is 5.54. The number of likely N-dealkylation sites (tertiary alicyclic amines) is 2. The molecule has 0 aliphatic carbocycles. The number of nitrogens with zero attached hydrogens (tertiary/aromatic N) is 4. The molecule has 5 heterocycles. The largest absolute Gasteiger partial charge is 0.493 e. The van der Waals surface area contributed by atoms with Crippen LogP contribution in [0.25, 0.3) is 22.4 Å². The number of amides is 2. The van der Waals surface area contributed by atoms with E-state index in [9.17, 15) is 9.59 Å². The van der Waals surface area contributed by atoms with Crippen LogP contribution in [0.5, 0.6) is 5.75 Å². The number of hydrogen-bond donors (Lipinski definition) is 0. The molecule has 0 saturated carbocycles. The van der Waals surface area contributed by atoms with Gasteiger partial charge in [0.05, 0.1) is 12.8 Å². The maximum atomic E-state index is 13.5. The minimum atomic E-state index is -0.119. The van der Waals surface area contributed by atoms with E-state index < -0.39 is 0 Å². The van der Waals surface area contributed by atoms with Gasteiger partial charge in [0.15, 0.2) is 22.8 Å². The number of aryl methyl sites for hydroxylation is 2. The molecule has 0 N–H and O–H groups in total. The van der Waals surface area contributed by atoms with E-state index in [2.05, 4.69) is 10.3 Å². The first kappa shape index (κ1) is 23.3. The van der Waals surface area contributed by atoms with Crippen molar-refractivity contribution in [3.8, 4) is 17.2 Å². The van der Waals surface area contributed by atoms with Crippen molar-refractivity contribution < 1.29 is 27.8 Å². The Hall–Kier alpha value is -4.08. The second-order valence-corrected chi connectivity index (χ2v) is 10.1. The summed E-state index contributed by atoms with van der Waals surface area (Å²) in [6, 6.07) is 9.09. The number of benzene rings is 1. The molecule has 2 aliphatic rings. The highest BCUT2D eigenvalue weighted by molar-refractivity contribution is 6.00. The van der Waals surface area contributed by atoms with Crippen LogP contribution in [0.3, 0.4) is 0 Å². The Bertz CT molecular complexity index is 1490.